The minimum atomic E-state index is -0.349. The Morgan fingerprint density at radius 1 is 0.968 bits per heavy atom. The Balaban J connectivity index is 1.37. The highest BCUT2D eigenvalue weighted by atomic mass is 35.5. The van der Waals surface area contributed by atoms with E-state index in [1.54, 1.807) is 17.0 Å². The van der Waals surface area contributed by atoms with E-state index in [1.807, 2.05) is 48.5 Å². The summed E-state index contributed by atoms with van der Waals surface area (Å²) in [4.78, 5) is 26.9. The Hall–Kier alpha value is -3.11. The smallest absolute Gasteiger partial charge is 0.227 e. The van der Waals surface area contributed by atoms with Crippen molar-refractivity contribution in [2.45, 2.75) is 18.8 Å². The molecule has 0 radical (unpaired) electrons. The molecule has 1 aliphatic heterocycles. The van der Waals surface area contributed by atoms with Crippen molar-refractivity contribution in [2.75, 3.05) is 18.0 Å². The summed E-state index contributed by atoms with van der Waals surface area (Å²) in [5, 5.41) is 3.63. The number of rotatable bonds is 7. The molecule has 0 bridgehead atoms. The first-order valence-corrected chi connectivity index (χ1v) is 10.9. The Bertz CT molecular complexity index is 1000. The van der Waals surface area contributed by atoms with Crippen molar-refractivity contribution in [3.05, 3.63) is 101 Å². The van der Waals surface area contributed by atoms with E-state index >= 15 is 0 Å². The molecule has 1 heterocycles. The molecule has 0 aromatic heterocycles. The van der Waals surface area contributed by atoms with Gasteiger partial charge in [0.05, 0.1) is 5.92 Å². The average Bonchev–Trinajstić information content (AvgIpc) is 3.19. The van der Waals surface area contributed by atoms with Gasteiger partial charge in [-0.2, -0.15) is 0 Å². The van der Waals surface area contributed by atoms with Crippen molar-refractivity contribution in [1.29, 1.82) is 0 Å². The first kappa shape index (κ1) is 21.1. The number of hydrogen-bond donors (Lipinski definition) is 1. The van der Waals surface area contributed by atoms with Crippen LogP contribution in [0.2, 0.25) is 5.02 Å². The van der Waals surface area contributed by atoms with Gasteiger partial charge in [0, 0.05) is 36.1 Å². The second-order valence-corrected chi connectivity index (χ2v) is 8.28. The zero-order valence-electron chi connectivity index (χ0n) is 17.2. The molecule has 3 aromatic rings. The van der Waals surface area contributed by atoms with Crippen LogP contribution in [0.4, 0.5) is 5.69 Å². The molecule has 4 nitrogen and oxygen atoms in total. The summed E-state index contributed by atoms with van der Waals surface area (Å²) in [6.45, 7) is 0.932. The predicted octanol–water partition coefficient (Wildman–Crippen LogP) is 5.03. The summed E-state index contributed by atoms with van der Waals surface area (Å²) in [6, 6.07) is 27.8. The van der Waals surface area contributed by atoms with Gasteiger partial charge in [0.2, 0.25) is 11.8 Å². The highest BCUT2D eigenvalue weighted by Crippen LogP contribution is 2.29. The summed E-state index contributed by atoms with van der Waals surface area (Å²) in [5.41, 5.74) is 3.19. The van der Waals surface area contributed by atoms with Crippen LogP contribution in [0.1, 0.15) is 29.9 Å². The summed E-state index contributed by atoms with van der Waals surface area (Å²) in [7, 11) is 0. The van der Waals surface area contributed by atoms with E-state index in [4.69, 9.17) is 11.6 Å². The van der Waals surface area contributed by atoms with Crippen molar-refractivity contribution in [3.8, 4) is 0 Å². The summed E-state index contributed by atoms with van der Waals surface area (Å²) >= 11 is 6.05. The van der Waals surface area contributed by atoms with E-state index in [0.717, 1.165) is 12.1 Å². The molecule has 1 fully saturated rings. The van der Waals surface area contributed by atoms with Gasteiger partial charge < -0.3 is 10.2 Å². The van der Waals surface area contributed by atoms with E-state index in [2.05, 4.69) is 29.6 Å². The van der Waals surface area contributed by atoms with Gasteiger partial charge in [-0.05, 0) is 35.7 Å². The second kappa shape index (κ2) is 9.80. The van der Waals surface area contributed by atoms with Crippen LogP contribution in [-0.4, -0.2) is 24.9 Å². The lowest BCUT2D eigenvalue weighted by molar-refractivity contribution is -0.126. The normalized spacial score (nSPS) is 16.0. The van der Waals surface area contributed by atoms with Gasteiger partial charge in [0.15, 0.2) is 0 Å². The third-order valence-corrected chi connectivity index (χ3v) is 5.99. The van der Waals surface area contributed by atoms with Crippen LogP contribution in [0.5, 0.6) is 0 Å². The molecule has 0 aliphatic carbocycles. The largest absolute Gasteiger partial charge is 0.356 e. The molecular formula is C26H25ClN2O2. The number of nitrogens with one attached hydrogen (secondary N) is 1. The molecule has 158 valence electrons. The van der Waals surface area contributed by atoms with E-state index in [1.165, 1.54) is 11.1 Å². The molecule has 0 unspecified atom stereocenters. The zero-order chi connectivity index (χ0) is 21.6. The quantitative estimate of drug-likeness (QED) is 0.569. The Morgan fingerprint density at radius 2 is 1.61 bits per heavy atom. The lowest BCUT2D eigenvalue weighted by Gasteiger charge is -2.19. The molecule has 5 heteroatoms. The summed E-state index contributed by atoms with van der Waals surface area (Å²) in [5.74, 6) is -0.263. The lowest BCUT2D eigenvalue weighted by Crippen LogP contribution is -2.34. The fraction of sp³-hybridized carbons (Fsp3) is 0.231. The van der Waals surface area contributed by atoms with Crippen molar-refractivity contribution in [3.63, 3.8) is 0 Å². The molecule has 4 rings (SSSR count). The van der Waals surface area contributed by atoms with Gasteiger partial charge in [-0.15, -0.1) is 0 Å². The molecule has 0 saturated carbocycles. The van der Waals surface area contributed by atoms with Crippen LogP contribution in [-0.2, 0) is 9.59 Å². The molecule has 1 N–H and O–H groups in total. The Morgan fingerprint density at radius 3 is 2.23 bits per heavy atom. The van der Waals surface area contributed by atoms with Crippen molar-refractivity contribution in [2.24, 2.45) is 5.92 Å². The highest BCUT2D eigenvalue weighted by molar-refractivity contribution is 6.31. The van der Waals surface area contributed by atoms with Crippen molar-refractivity contribution in [1.82, 2.24) is 5.32 Å². The van der Waals surface area contributed by atoms with Gasteiger partial charge in [-0.25, -0.2) is 0 Å². The van der Waals surface area contributed by atoms with Crippen LogP contribution in [0.3, 0.4) is 0 Å². The van der Waals surface area contributed by atoms with Crippen LogP contribution in [0.25, 0.3) is 0 Å². The Kier molecular flexibility index (Phi) is 6.68. The van der Waals surface area contributed by atoms with Gasteiger partial charge in [0.25, 0.3) is 0 Å². The molecule has 1 saturated heterocycles. The number of benzene rings is 3. The number of hydrogen-bond acceptors (Lipinski definition) is 2. The fourth-order valence-electron chi connectivity index (χ4n) is 4.16. The SMILES string of the molecule is O=C(NCCC(c1ccccc1)c1ccccc1)[C@H]1CC(=O)N(c2cccc(Cl)c2)C1. The minimum absolute atomic E-state index is 0.0473. The summed E-state index contributed by atoms with van der Waals surface area (Å²) < 4.78 is 0. The van der Waals surface area contributed by atoms with Gasteiger partial charge in [-0.1, -0.05) is 78.3 Å². The average molecular weight is 433 g/mol. The number of nitrogens with zero attached hydrogens (tertiary/aromatic N) is 1. The first-order chi connectivity index (χ1) is 15.1. The molecule has 1 aliphatic rings. The van der Waals surface area contributed by atoms with E-state index in [0.29, 0.717) is 18.1 Å². The molecular weight excluding hydrogens is 408 g/mol. The monoisotopic (exact) mass is 432 g/mol. The lowest BCUT2D eigenvalue weighted by atomic mass is 9.88. The van der Waals surface area contributed by atoms with Crippen LogP contribution < -0.4 is 10.2 Å². The number of anilines is 1. The predicted molar refractivity (Wildman–Crippen MR) is 124 cm³/mol. The molecule has 2 amide bonds. The zero-order valence-corrected chi connectivity index (χ0v) is 18.0. The van der Waals surface area contributed by atoms with Gasteiger partial charge in [0.1, 0.15) is 0 Å². The first-order valence-electron chi connectivity index (χ1n) is 10.6. The third kappa shape index (κ3) is 5.15. The summed E-state index contributed by atoms with van der Waals surface area (Å²) in [6.07, 6.45) is 1.01. The molecule has 3 aromatic carbocycles. The number of carbonyl (C=O) groups excluding carboxylic acids is 2. The Labute approximate surface area is 187 Å². The number of carbonyl (C=O) groups is 2. The number of halogens is 1. The van der Waals surface area contributed by atoms with Crippen LogP contribution in [0.15, 0.2) is 84.9 Å². The van der Waals surface area contributed by atoms with E-state index in [9.17, 15) is 9.59 Å². The highest BCUT2D eigenvalue weighted by Gasteiger charge is 2.35. The van der Waals surface area contributed by atoms with Crippen LogP contribution >= 0.6 is 11.6 Å². The minimum Gasteiger partial charge on any atom is -0.356 e. The van der Waals surface area contributed by atoms with Crippen molar-refractivity contribution < 1.29 is 9.59 Å². The number of amides is 2. The third-order valence-electron chi connectivity index (χ3n) is 5.75. The van der Waals surface area contributed by atoms with Crippen LogP contribution in [0, 0.1) is 5.92 Å². The van der Waals surface area contributed by atoms with Gasteiger partial charge in [-0.3, -0.25) is 9.59 Å². The molecule has 31 heavy (non-hydrogen) atoms. The molecule has 1 atom stereocenters. The van der Waals surface area contributed by atoms with E-state index < -0.39 is 0 Å². The molecule has 0 spiro atoms. The maximum absolute atomic E-state index is 12.8. The maximum Gasteiger partial charge on any atom is 0.227 e. The maximum atomic E-state index is 12.8. The van der Waals surface area contributed by atoms with Crippen molar-refractivity contribution >= 4 is 29.1 Å². The fourth-order valence-corrected chi connectivity index (χ4v) is 4.34. The standard InChI is InChI=1S/C26H25ClN2O2/c27-22-12-7-13-23(17-22)29-18-21(16-25(29)30)26(31)28-15-14-24(19-8-3-1-4-9-19)20-10-5-2-6-11-20/h1-13,17,21,24H,14-16,18H2,(H,28,31)/t21-/m0/s1. The second-order valence-electron chi connectivity index (χ2n) is 7.84. The van der Waals surface area contributed by atoms with Gasteiger partial charge >= 0.3 is 0 Å². The van der Waals surface area contributed by atoms with E-state index in [-0.39, 0.29) is 30.1 Å². The topological polar surface area (TPSA) is 49.4 Å².